The Morgan fingerprint density at radius 1 is 1.21 bits per heavy atom. The molecule has 2 unspecified atom stereocenters. The third-order valence-electron chi connectivity index (χ3n) is 3.67. The molecule has 0 bridgehead atoms. The molecule has 0 saturated heterocycles. The quantitative estimate of drug-likeness (QED) is 0.909. The van der Waals surface area contributed by atoms with E-state index >= 15 is 0 Å². The summed E-state index contributed by atoms with van der Waals surface area (Å²) < 4.78 is 2.14. The fourth-order valence-corrected chi connectivity index (χ4v) is 2.20. The third-order valence-corrected chi connectivity index (χ3v) is 3.67. The summed E-state index contributed by atoms with van der Waals surface area (Å²) >= 11 is 0. The van der Waals surface area contributed by atoms with Crippen LogP contribution in [0.4, 0.5) is 0 Å². The zero-order valence-electron chi connectivity index (χ0n) is 12.6. The molecule has 0 aliphatic heterocycles. The van der Waals surface area contributed by atoms with Gasteiger partial charge in [-0.1, -0.05) is 25.1 Å². The Balaban J connectivity index is 2.12. The average Bonchev–Trinajstić information content (AvgIpc) is 2.78. The van der Waals surface area contributed by atoms with Gasteiger partial charge in [-0.15, -0.1) is 0 Å². The Hall–Kier alpha value is -1.35. The molecule has 0 aliphatic carbocycles. The number of hydrogen-bond donors (Lipinski definition) is 1. The fourth-order valence-electron chi connectivity index (χ4n) is 2.20. The maximum Gasteiger partial charge on any atom is 0.0685 e. The summed E-state index contributed by atoms with van der Waals surface area (Å²) in [6.07, 6.45) is 1.95. The highest BCUT2D eigenvalue weighted by molar-refractivity contribution is 5.78. The normalized spacial score (nSPS) is 15.6. The van der Waals surface area contributed by atoms with Gasteiger partial charge in [0.25, 0.3) is 0 Å². The number of hydrogen-bond acceptors (Lipinski definition) is 2. The predicted molar refractivity (Wildman–Crippen MR) is 81.4 cm³/mol. The summed E-state index contributed by atoms with van der Waals surface area (Å²) in [5.41, 5.74) is 1.39. The van der Waals surface area contributed by atoms with Crippen molar-refractivity contribution in [2.45, 2.75) is 46.2 Å². The molecule has 0 amide bonds. The van der Waals surface area contributed by atoms with E-state index in [0.29, 0.717) is 12.0 Å². The first kappa shape index (κ1) is 14.1. The van der Waals surface area contributed by atoms with Crippen molar-refractivity contribution in [1.29, 1.82) is 0 Å². The lowest BCUT2D eigenvalue weighted by Crippen LogP contribution is -2.40. The van der Waals surface area contributed by atoms with Gasteiger partial charge in [-0.05, 0) is 39.7 Å². The van der Waals surface area contributed by atoms with Crippen LogP contribution in [0.2, 0.25) is 0 Å². The molecule has 1 N–H and O–H groups in total. The Morgan fingerprint density at radius 3 is 2.58 bits per heavy atom. The monoisotopic (exact) mass is 259 g/mol. The van der Waals surface area contributed by atoms with Crippen LogP contribution in [0.15, 0.2) is 30.5 Å². The van der Waals surface area contributed by atoms with Crippen LogP contribution in [0.25, 0.3) is 10.9 Å². The van der Waals surface area contributed by atoms with Crippen molar-refractivity contribution >= 4 is 10.9 Å². The first-order valence-electron chi connectivity index (χ1n) is 7.06. The standard InChI is InChI=1S/C16H25N3/c1-12(10-17-16(3,4)5)13(2)19-15-9-7-6-8-14(15)11-18-19/h6-9,11-13,17H,10H2,1-5H3. The summed E-state index contributed by atoms with van der Waals surface area (Å²) in [4.78, 5) is 0. The molecule has 1 heterocycles. The van der Waals surface area contributed by atoms with E-state index in [9.17, 15) is 0 Å². The van der Waals surface area contributed by atoms with Crippen molar-refractivity contribution in [1.82, 2.24) is 15.1 Å². The minimum absolute atomic E-state index is 0.167. The van der Waals surface area contributed by atoms with E-state index in [2.05, 4.69) is 74.0 Å². The lowest BCUT2D eigenvalue weighted by Gasteiger charge is -2.27. The molecular weight excluding hydrogens is 234 g/mol. The van der Waals surface area contributed by atoms with Gasteiger partial charge < -0.3 is 5.32 Å². The molecule has 0 saturated carbocycles. The second-order valence-corrected chi connectivity index (χ2v) is 6.50. The van der Waals surface area contributed by atoms with Crippen LogP contribution in [0.5, 0.6) is 0 Å². The van der Waals surface area contributed by atoms with Gasteiger partial charge in [0.05, 0.1) is 17.8 Å². The molecule has 1 aromatic heterocycles. The molecule has 2 atom stereocenters. The fraction of sp³-hybridized carbons (Fsp3) is 0.562. The number of fused-ring (bicyclic) bond motifs is 1. The van der Waals surface area contributed by atoms with Gasteiger partial charge in [0.1, 0.15) is 0 Å². The van der Waals surface area contributed by atoms with Gasteiger partial charge in [0, 0.05) is 17.5 Å². The predicted octanol–water partition coefficient (Wildman–Crippen LogP) is 3.62. The van der Waals surface area contributed by atoms with Crippen molar-refractivity contribution in [2.24, 2.45) is 5.92 Å². The summed E-state index contributed by atoms with van der Waals surface area (Å²) in [5.74, 6) is 0.530. The molecular formula is C16H25N3. The Labute approximate surface area is 116 Å². The molecule has 1 aromatic carbocycles. The highest BCUT2D eigenvalue weighted by atomic mass is 15.3. The van der Waals surface area contributed by atoms with Gasteiger partial charge in [-0.3, -0.25) is 4.68 Å². The number of nitrogens with one attached hydrogen (secondary N) is 1. The van der Waals surface area contributed by atoms with E-state index in [1.807, 2.05) is 6.20 Å². The Kier molecular flexibility index (Phi) is 3.95. The second-order valence-electron chi connectivity index (χ2n) is 6.50. The highest BCUT2D eigenvalue weighted by Gasteiger charge is 2.19. The maximum atomic E-state index is 4.55. The van der Waals surface area contributed by atoms with Gasteiger partial charge >= 0.3 is 0 Å². The zero-order valence-corrected chi connectivity index (χ0v) is 12.6. The number of nitrogens with zero attached hydrogens (tertiary/aromatic N) is 2. The number of rotatable bonds is 4. The molecule has 0 aliphatic rings. The van der Waals surface area contributed by atoms with E-state index in [1.54, 1.807) is 0 Å². The van der Waals surface area contributed by atoms with Gasteiger partial charge in [-0.25, -0.2) is 0 Å². The number of para-hydroxylation sites is 1. The van der Waals surface area contributed by atoms with Crippen molar-refractivity contribution < 1.29 is 0 Å². The molecule has 0 radical (unpaired) electrons. The molecule has 0 spiro atoms. The molecule has 2 rings (SSSR count). The van der Waals surface area contributed by atoms with Crippen molar-refractivity contribution in [3.05, 3.63) is 30.5 Å². The van der Waals surface area contributed by atoms with E-state index in [0.717, 1.165) is 6.54 Å². The van der Waals surface area contributed by atoms with Gasteiger partial charge in [0.15, 0.2) is 0 Å². The summed E-state index contributed by atoms with van der Waals surface area (Å²) in [6.45, 7) is 12.1. The van der Waals surface area contributed by atoms with E-state index < -0.39 is 0 Å². The first-order chi connectivity index (χ1) is 8.88. The molecule has 104 valence electrons. The molecule has 19 heavy (non-hydrogen) atoms. The minimum Gasteiger partial charge on any atom is -0.312 e. The average molecular weight is 259 g/mol. The molecule has 0 fully saturated rings. The van der Waals surface area contributed by atoms with E-state index in [1.165, 1.54) is 10.9 Å². The maximum absolute atomic E-state index is 4.55. The second kappa shape index (κ2) is 5.33. The summed E-state index contributed by atoms with van der Waals surface area (Å²) in [6, 6.07) is 8.77. The lowest BCUT2D eigenvalue weighted by molar-refractivity contribution is 0.307. The number of benzene rings is 1. The van der Waals surface area contributed by atoms with Crippen LogP contribution in [-0.2, 0) is 0 Å². The van der Waals surface area contributed by atoms with E-state index in [-0.39, 0.29) is 5.54 Å². The molecule has 3 nitrogen and oxygen atoms in total. The highest BCUT2D eigenvalue weighted by Crippen LogP contribution is 2.22. The molecule has 3 heteroatoms. The van der Waals surface area contributed by atoms with Crippen molar-refractivity contribution in [3.8, 4) is 0 Å². The zero-order chi connectivity index (χ0) is 14.0. The Bertz CT molecular complexity index is 536. The molecule has 2 aromatic rings. The van der Waals surface area contributed by atoms with Crippen LogP contribution < -0.4 is 5.32 Å². The first-order valence-corrected chi connectivity index (χ1v) is 7.06. The van der Waals surface area contributed by atoms with Gasteiger partial charge in [0.2, 0.25) is 0 Å². The summed E-state index contributed by atoms with van der Waals surface area (Å²) in [5, 5.41) is 9.33. The third kappa shape index (κ3) is 3.35. The van der Waals surface area contributed by atoms with Crippen LogP contribution >= 0.6 is 0 Å². The van der Waals surface area contributed by atoms with Crippen molar-refractivity contribution in [3.63, 3.8) is 0 Å². The summed E-state index contributed by atoms with van der Waals surface area (Å²) in [7, 11) is 0. The van der Waals surface area contributed by atoms with E-state index in [4.69, 9.17) is 0 Å². The smallest absolute Gasteiger partial charge is 0.0685 e. The largest absolute Gasteiger partial charge is 0.312 e. The van der Waals surface area contributed by atoms with Crippen LogP contribution in [0, 0.1) is 5.92 Å². The minimum atomic E-state index is 0.167. The van der Waals surface area contributed by atoms with Crippen molar-refractivity contribution in [2.75, 3.05) is 6.54 Å². The van der Waals surface area contributed by atoms with Crippen LogP contribution in [0.1, 0.15) is 40.7 Å². The van der Waals surface area contributed by atoms with Crippen LogP contribution in [0.3, 0.4) is 0 Å². The Morgan fingerprint density at radius 2 is 1.89 bits per heavy atom. The van der Waals surface area contributed by atoms with Gasteiger partial charge in [-0.2, -0.15) is 5.10 Å². The van der Waals surface area contributed by atoms with Crippen LogP contribution in [-0.4, -0.2) is 21.9 Å². The SMILES string of the molecule is CC(CNC(C)(C)C)C(C)n1ncc2ccccc21. The topological polar surface area (TPSA) is 29.9 Å². The lowest BCUT2D eigenvalue weighted by atomic mass is 10.0. The number of aromatic nitrogens is 2.